The lowest BCUT2D eigenvalue weighted by Crippen LogP contribution is -2.02. The molecule has 184 valence electrons. The quantitative estimate of drug-likeness (QED) is 0.219. The van der Waals surface area contributed by atoms with Crippen molar-refractivity contribution in [1.29, 1.82) is 0 Å². The summed E-state index contributed by atoms with van der Waals surface area (Å²) in [6.07, 6.45) is 0. The van der Waals surface area contributed by atoms with Gasteiger partial charge in [-0.3, -0.25) is 9.59 Å². The van der Waals surface area contributed by atoms with E-state index in [1.165, 1.54) is 14.0 Å². The summed E-state index contributed by atoms with van der Waals surface area (Å²) >= 11 is 0. The molecule has 0 radical (unpaired) electrons. The number of carbonyl (C=O) groups excluding carboxylic acids is 3. The predicted octanol–water partition coefficient (Wildman–Crippen LogP) is 7.47. The second-order valence-corrected chi connectivity index (χ2v) is 10.1. The summed E-state index contributed by atoms with van der Waals surface area (Å²) in [6, 6.07) is 13.5. The molecule has 0 saturated carbocycles. The lowest BCUT2D eigenvalue weighted by molar-refractivity contribution is 0.0602. The first-order valence-corrected chi connectivity index (χ1v) is 12.2. The third-order valence-electron chi connectivity index (χ3n) is 7.04. The Morgan fingerprint density at radius 2 is 1.28 bits per heavy atom. The van der Waals surface area contributed by atoms with Crippen molar-refractivity contribution in [2.24, 2.45) is 0 Å². The molecule has 0 saturated heterocycles. The van der Waals surface area contributed by atoms with Crippen LogP contribution in [0.1, 0.15) is 91.1 Å². The lowest BCUT2D eigenvalue weighted by Gasteiger charge is -2.09. The number of hydrogen-bond donors (Lipinski definition) is 0. The first-order valence-electron chi connectivity index (χ1n) is 12.2. The van der Waals surface area contributed by atoms with Gasteiger partial charge in [0.25, 0.3) is 0 Å². The van der Waals surface area contributed by atoms with E-state index in [2.05, 4.69) is 19.9 Å². The third-order valence-corrected chi connectivity index (χ3v) is 7.04. The molecule has 0 aliphatic heterocycles. The highest BCUT2D eigenvalue weighted by atomic mass is 16.5. The maximum atomic E-state index is 14.3. The number of methoxy groups -OCH3 is 1. The van der Waals surface area contributed by atoms with Crippen LogP contribution in [0.4, 0.5) is 0 Å². The average molecular weight is 481 g/mol. The van der Waals surface area contributed by atoms with Crippen LogP contribution in [0.15, 0.2) is 42.5 Å². The van der Waals surface area contributed by atoms with Gasteiger partial charge in [-0.1, -0.05) is 49.7 Å². The van der Waals surface area contributed by atoms with Gasteiger partial charge in [0.2, 0.25) is 0 Å². The van der Waals surface area contributed by atoms with Gasteiger partial charge >= 0.3 is 5.97 Å². The Morgan fingerprint density at radius 1 is 0.694 bits per heavy atom. The number of hydrogen-bond acceptors (Lipinski definition) is 4. The van der Waals surface area contributed by atoms with Gasteiger partial charge in [0.05, 0.1) is 12.7 Å². The summed E-state index contributed by atoms with van der Waals surface area (Å²) in [5.74, 6) is -0.529. The van der Waals surface area contributed by atoms with Crippen molar-refractivity contribution in [3.05, 3.63) is 92.5 Å². The summed E-state index contributed by atoms with van der Waals surface area (Å²) in [5, 5.41) is 0. The van der Waals surface area contributed by atoms with Gasteiger partial charge in [0.1, 0.15) is 0 Å². The van der Waals surface area contributed by atoms with Crippen LogP contribution >= 0.6 is 0 Å². The number of esters is 1. The Morgan fingerprint density at radius 3 is 1.83 bits per heavy atom. The van der Waals surface area contributed by atoms with Crippen LogP contribution in [0.25, 0.3) is 22.3 Å². The fourth-order valence-corrected chi connectivity index (χ4v) is 5.33. The Balaban J connectivity index is 2.08. The lowest BCUT2D eigenvalue weighted by atomic mass is 9.93. The van der Waals surface area contributed by atoms with Crippen molar-refractivity contribution in [3.63, 3.8) is 0 Å². The maximum absolute atomic E-state index is 14.3. The molecule has 0 heterocycles. The van der Waals surface area contributed by atoms with E-state index in [1.54, 1.807) is 12.1 Å². The van der Waals surface area contributed by atoms with Crippen LogP contribution in [-0.2, 0) is 4.74 Å². The highest BCUT2D eigenvalue weighted by molar-refractivity contribution is 6.22. The minimum absolute atomic E-state index is 0.0869. The van der Waals surface area contributed by atoms with E-state index < -0.39 is 5.97 Å². The van der Waals surface area contributed by atoms with Crippen molar-refractivity contribution in [1.82, 2.24) is 0 Å². The molecule has 0 amide bonds. The van der Waals surface area contributed by atoms with E-state index in [-0.39, 0.29) is 17.5 Å². The zero-order valence-electron chi connectivity index (χ0n) is 22.3. The molecule has 0 unspecified atom stereocenters. The molecule has 4 nitrogen and oxygen atoms in total. The van der Waals surface area contributed by atoms with Crippen molar-refractivity contribution >= 4 is 17.5 Å². The first kappa shape index (κ1) is 25.3. The molecule has 0 atom stereocenters. The molecule has 0 aromatic rings. The molecule has 4 heteroatoms. The normalized spacial score (nSPS) is 11.4. The van der Waals surface area contributed by atoms with E-state index in [1.807, 2.05) is 52.0 Å². The van der Waals surface area contributed by atoms with Gasteiger partial charge in [-0.05, 0) is 91.6 Å². The molecule has 0 aromatic heterocycles. The van der Waals surface area contributed by atoms with Gasteiger partial charge in [-0.2, -0.15) is 0 Å². The first-order chi connectivity index (χ1) is 17.0. The Labute approximate surface area is 213 Å². The minimum Gasteiger partial charge on any atom is -0.465 e. The highest BCUT2D eigenvalue weighted by Gasteiger charge is 2.31. The fraction of sp³-hybridized carbons (Fsp3) is 0.281. The molecule has 0 fully saturated rings. The highest BCUT2D eigenvalue weighted by Crippen LogP contribution is 2.42. The second kappa shape index (κ2) is 9.34. The molecular weight excluding hydrogens is 448 g/mol. The van der Waals surface area contributed by atoms with Crippen LogP contribution < -0.4 is 0 Å². The molecule has 0 bridgehead atoms. The number of Topliss-reactive ketones (excluding diaryl/α,β-unsaturated/α-hetero) is 1. The van der Waals surface area contributed by atoms with Crippen LogP contribution in [0.5, 0.6) is 0 Å². The summed E-state index contributed by atoms with van der Waals surface area (Å²) in [7, 11) is 1.35. The molecule has 0 aromatic carbocycles. The fourth-order valence-electron chi connectivity index (χ4n) is 5.33. The van der Waals surface area contributed by atoms with Crippen LogP contribution in [0.2, 0.25) is 0 Å². The molecular formula is C32H32O4. The average Bonchev–Trinajstić information content (AvgIpc) is 3.31. The van der Waals surface area contributed by atoms with Gasteiger partial charge < -0.3 is 4.74 Å². The topological polar surface area (TPSA) is 60.4 Å². The largest absolute Gasteiger partial charge is 0.465 e. The number of ketones is 2. The summed E-state index contributed by atoms with van der Waals surface area (Å²) in [4.78, 5) is 39.8. The maximum Gasteiger partial charge on any atom is 0.338 e. The van der Waals surface area contributed by atoms with E-state index in [9.17, 15) is 14.4 Å². The standard InChI is InChI=1S/C32H32O4/c1-16(2)22-10-9-18(4)28-23(21(7)33)14-25(24(28)13-22)31(34)26-15-27(32(35)36-8)30-20(6)12-17(3)11-19(5)29(26)30/h9-16H,1-8H3. The molecule has 4 aliphatic rings. The predicted molar refractivity (Wildman–Crippen MR) is 144 cm³/mol. The number of fused-ring (bicyclic) bond motifs is 2. The van der Waals surface area contributed by atoms with Crippen LogP contribution in [0.3, 0.4) is 0 Å². The van der Waals surface area contributed by atoms with Crippen molar-refractivity contribution in [3.8, 4) is 22.3 Å². The Kier molecular flexibility index (Phi) is 6.57. The van der Waals surface area contributed by atoms with E-state index in [0.29, 0.717) is 22.3 Å². The van der Waals surface area contributed by atoms with Crippen LogP contribution in [0, 0.1) is 27.7 Å². The number of carbonyl (C=O) groups is 3. The van der Waals surface area contributed by atoms with E-state index in [4.69, 9.17) is 4.74 Å². The van der Waals surface area contributed by atoms with Crippen molar-refractivity contribution in [2.45, 2.75) is 54.4 Å². The van der Waals surface area contributed by atoms with Crippen LogP contribution in [-0.4, -0.2) is 24.6 Å². The molecule has 4 aliphatic carbocycles. The molecule has 0 spiro atoms. The number of ether oxygens (including phenoxy) is 1. The van der Waals surface area contributed by atoms with Crippen molar-refractivity contribution in [2.75, 3.05) is 7.11 Å². The molecule has 36 heavy (non-hydrogen) atoms. The summed E-state index contributed by atoms with van der Waals surface area (Å²) in [5.41, 5.74) is 9.72. The van der Waals surface area contributed by atoms with Gasteiger partial charge in [-0.25, -0.2) is 4.79 Å². The van der Waals surface area contributed by atoms with Gasteiger partial charge in [0.15, 0.2) is 11.6 Å². The molecule has 0 N–H and O–H groups in total. The van der Waals surface area contributed by atoms with Gasteiger partial charge in [0, 0.05) is 22.3 Å². The molecule has 4 rings (SSSR count). The van der Waals surface area contributed by atoms with Crippen molar-refractivity contribution < 1.29 is 19.1 Å². The SMILES string of the molecule is COC(=O)c1cc(C(=O)c2cc(C(C)=O)c3c(C)ccc(C(C)C)cc2-3)c2c(C)cc(C)cc(C)c1-2. The monoisotopic (exact) mass is 480 g/mol. The second-order valence-electron chi connectivity index (χ2n) is 10.1. The Hall–Kier alpha value is -3.79. The number of rotatable bonds is 5. The smallest absolute Gasteiger partial charge is 0.338 e. The van der Waals surface area contributed by atoms with Gasteiger partial charge in [-0.15, -0.1) is 0 Å². The minimum atomic E-state index is -0.480. The Bertz CT molecular complexity index is 1490. The van der Waals surface area contributed by atoms with E-state index >= 15 is 0 Å². The summed E-state index contributed by atoms with van der Waals surface area (Å²) in [6.45, 7) is 13.6. The zero-order chi connectivity index (χ0) is 26.5. The summed E-state index contributed by atoms with van der Waals surface area (Å²) < 4.78 is 5.08. The van der Waals surface area contributed by atoms with E-state index in [0.717, 1.165) is 50.1 Å². The number of aryl methyl sites for hydroxylation is 4. The zero-order valence-corrected chi connectivity index (χ0v) is 22.3. The third kappa shape index (κ3) is 4.11.